The molecule has 6 nitrogen and oxygen atoms in total. The number of pyridine rings is 1. The fourth-order valence-electron chi connectivity index (χ4n) is 5.41. The fraction of sp³-hybridized carbons (Fsp3) is 0.267. The Balaban J connectivity index is 1.30. The van der Waals surface area contributed by atoms with Crippen molar-refractivity contribution in [1.82, 2.24) is 9.88 Å². The summed E-state index contributed by atoms with van der Waals surface area (Å²) < 4.78 is 0. The molecule has 0 unspecified atom stereocenters. The van der Waals surface area contributed by atoms with Gasteiger partial charge in [0.05, 0.1) is 27.8 Å². The van der Waals surface area contributed by atoms with Crippen LogP contribution in [-0.4, -0.2) is 55.7 Å². The van der Waals surface area contributed by atoms with E-state index in [0.29, 0.717) is 6.54 Å². The minimum absolute atomic E-state index is 0.128. The van der Waals surface area contributed by atoms with Crippen LogP contribution < -0.4 is 15.1 Å². The average molecular weight is 512 g/mol. The summed E-state index contributed by atoms with van der Waals surface area (Å²) in [7, 11) is 2.14. The molecule has 188 valence electrons. The maximum absolute atomic E-state index is 13.6. The SMILES string of the molecule is Cc1cccc(-c2cccc3c(NC(=O)N4CCc5cc(Cl)c(N6CCN(C)CC6)cc54)cccc23)n1. The Bertz CT molecular complexity index is 1500. The molecule has 0 aliphatic carbocycles. The minimum atomic E-state index is -0.128. The van der Waals surface area contributed by atoms with Crippen molar-refractivity contribution in [3.8, 4) is 11.3 Å². The Labute approximate surface area is 222 Å². The molecule has 3 heterocycles. The zero-order chi connectivity index (χ0) is 25.5. The van der Waals surface area contributed by atoms with Crippen molar-refractivity contribution in [1.29, 1.82) is 0 Å². The van der Waals surface area contributed by atoms with Crippen LogP contribution in [0.5, 0.6) is 0 Å². The highest BCUT2D eigenvalue weighted by Gasteiger charge is 2.28. The Kier molecular flexibility index (Phi) is 6.22. The van der Waals surface area contributed by atoms with Crippen LogP contribution in [0, 0.1) is 6.92 Å². The predicted octanol–water partition coefficient (Wildman–Crippen LogP) is 6.21. The number of nitrogens with one attached hydrogen (secondary N) is 1. The minimum Gasteiger partial charge on any atom is -0.368 e. The first-order valence-corrected chi connectivity index (χ1v) is 13.2. The molecule has 0 bridgehead atoms. The highest BCUT2D eigenvalue weighted by atomic mass is 35.5. The van der Waals surface area contributed by atoms with Crippen molar-refractivity contribution in [3.05, 3.63) is 83.0 Å². The van der Waals surface area contributed by atoms with Crippen LogP contribution in [0.4, 0.5) is 21.9 Å². The number of carbonyl (C=O) groups is 1. The summed E-state index contributed by atoms with van der Waals surface area (Å²) in [6.07, 6.45) is 0.796. The van der Waals surface area contributed by atoms with Gasteiger partial charge in [0, 0.05) is 49.4 Å². The number of urea groups is 1. The Hall–Kier alpha value is -3.61. The van der Waals surface area contributed by atoms with Crippen LogP contribution >= 0.6 is 11.6 Å². The van der Waals surface area contributed by atoms with Crippen molar-refractivity contribution in [2.24, 2.45) is 0 Å². The lowest BCUT2D eigenvalue weighted by molar-refractivity contribution is 0.257. The Morgan fingerprint density at radius 1 is 0.892 bits per heavy atom. The van der Waals surface area contributed by atoms with Crippen LogP contribution in [0.15, 0.2) is 66.7 Å². The van der Waals surface area contributed by atoms with Gasteiger partial charge < -0.3 is 15.1 Å². The van der Waals surface area contributed by atoms with Gasteiger partial charge in [-0.2, -0.15) is 0 Å². The third-order valence-electron chi connectivity index (χ3n) is 7.46. The molecule has 0 saturated carbocycles. The number of hydrogen-bond donors (Lipinski definition) is 1. The zero-order valence-electron chi connectivity index (χ0n) is 21.2. The third-order valence-corrected chi connectivity index (χ3v) is 7.76. The van der Waals surface area contributed by atoms with Crippen LogP contribution in [0.25, 0.3) is 22.0 Å². The van der Waals surface area contributed by atoms with E-state index in [0.717, 1.165) is 88.0 Å². The van der Waals surface area contributed by atoms with Crippen LogP contribution in [0.3, 0.4) is 0 Å². The number of hydrogen-bond acceptors (Lipinski definition) is 4. The summed E-state index contributed by atoms with van der Waals surface area (Å²) >= 11 is 6.70. The number of fused-ring (bicyclic) bond motifs is 2. The lowest BCUT2D eigenvalue weighted by Gasteiger charge is -2.35. The number of nitrogens with zero attached hydrogens (tertiary/aromatic N) is 4. The molecule has 0 spiro atoms. The van der Waals surface area contributed by atoms with Crippen LogP contribution in [0.2, 0.25) is 5.02 Å². The van der Waals surface area contributed by atoms with Gasteiger partial charge in [0.2, 0.25) is 0 Å². The van der Waals surface area contributed by atoms with Gasteiger partial charge in [-0.05, 0) is 61.7 Å². The summed E-state index contributed by atoms with van der Waals surface area (Å²) in [6, 6.07) is 22.2. The maximum atomic E-state index is 13.6. The quantitative estimate of drug-likeness (QED) is 0.355. The molecule has 1 N–H and O–H groups in total. The Morgan fingerprint density at radius 3 is 2.46 bits per heavy atom. The van der Waals surface area contributed by atoms with E-state index in [-0.39, 0.29) is 6.03 Å². The van der Waals surface area contributed by atoms with Crippen molar-refractivity contribution in [2.75, 3.05) is 54.9 Å². The first kappa shape index (κ1) is 23.8. The molecule has 7 heteroatoms. The zero-order valence-corrected chi connectivity index (χ0v) is 21.9. The van der Waals surface area contributed by atoms with E-state index < -0.39 is 0 Å². The van der Waals surface area contributed by atoms with Crippen molar-refractivity contribution >= 4 is 45.5 Å². The molecule has 2 aliphatic rings. The van der Waals surface area contributed by atoms with Crippen LogP contribution in [-0.2, 0) is 6.42 Å². The summed E-state index contributed by atoms with van der Waals surface area (Å²) in [4.78, 5) is 24.8. The number of halogens is 1. The Morgan fingerprint density at radius 2 is 1.65 bits per heavy atom. The number of likely N-dealkylation sites (N-methyl/N-ethyl adjacent to an activating group) is 1. The van der Waals surface area contributed by atoms with Gasteiger partial charge in [-0.25, -0.2) is 4.79 Å². The maximum Gasteiger partial charge on any atom is 0.326 e. The molecule has 1 aromatic heterocycles. The topological polar surface area (TPSA) is 51.7 Å². The molecule has 2 aliphatic heterocycles. The standard InChI is InChI=1S/C30H30ClN5O/c1-20-6-3-10-26(32-20)23-8-4-9-24-22(23)7-5-11-27(24)33-30(37)36-13-12-21-18-25(31)29(19-28(21)36)35-16-14-34(2)15-17-35/h3-11,18-19H,12-17H2,1-2H3,(H,33,37). The van der Waals surface area contributed by atoms with Gasteiger partial charge in [0.15, 0.2) is 0 Å². The van der Waals surface area contributed by atoms with E-state index in [1.54, 1.807) is 0 Å². The molecule has 2 amide bonds. The molecule has 1 fully saturated rings. The van der Waals surface area contributed by atoms with Crippen molar-refractivity contribution in [3.63, 3.8) is 0 Å². The summed E-state index contributed by atoms with van der Waals surface area (Å²) in [6.45, 7) is 6.48. The van der Waals surface area contributed by atoms with Gasteiger partial charge in [0.25, 0.3) is 0 Å². The summed E-state index contributed by atoms with van der Waals surface area (Å²) in [5.74, 6) is 0. The van der Waals surface area contributed by atoms with Crippen molar-refractivity contribution in [2.45, 2.75) is 13.3 Å². The summed E-state index contributed by atoms with van der Waals surface area (Å²) in [5.41, 5.74) is 6.81. The highest BCUT2D eigenvalue weighted by Crippen LogP contribution is 2.39. The van der Waals surface area contributed by atoms with Gasteiger partial charge in [-0.3, -0.25) is 9.88 Å². The van der Waals surface area contributed by atoms with Gasteiger partial charge in [0.1, 0.15) is 0 Å². The molecule has 4 aromatic rings. The second-order valence-corrected chi connectivity index (χ2v) is 10.3. The average Bonchev–Trinajstić information content (AvgIpc) is 3.31. The predicted molar refractivity (Wildman–Crippen MR) is 153 cm³/mol. The lowest BCUT2D eigenvalue weighted by Crippen LogP contribution is -2.44. The van der Waals surface area contributed by atoms with Crippen LogP contribution in [0.1, 0.15) is 11.3 Å². The molecule has 0 radical (unpaired) electrons. The molecule has 1 saturated heterocycles. The number of anilines is 3. The smallest absolute Gasteiger partial charge is 0.326 e. The van der Waals surface area contributed by atoms with E-state index in [1.165, 1.54) is 0 Å². The molecular weight excluding hydrogens is 482 g/mol. The third kappa shape index (κ3) is 4.52. The largest absolute Gasteiger partial charge is 0.368 e. The molecule has 0 atom stereocenters. The number of carbonyl (C=O) groups excluding carboxylic acids is 1. The molecule has 6 rings (SSSR count). The fourth-order valence-corrected chi connectivity index (χ4v) is 5.72. The van der Waals surface area contributed by atoms with E-state index in [9.17, 15) is 4.79 Å². The van der Waals surface area contributed by atoms with E-state index in [4.69, 9.17) is 16.6 Å². The van der Waals surface area contributed by atoms with Crippen molar-refractivity contribution < 1.29 is 4.79 Å². The number of rotatable bonds is 3. The molecular formula is C30H30ClN5O. The van der Waals surface area contributed by atoms with E-state index in [1.807, 2.05) is 60.4 Å². The first-order chi connectivity index (χ1) is 18.0. The first-order valence-electron chi connectivity index (χ1n) is 12.8. The number of amides is 2. The van der Waals surface area contributed by atoms with Gasteiger partial charge in [-0.15, -0.1) is 0 Å². The second kappa shape index (κ2) is 9.69. The van der Waals surface area contributed by atoms with Gasteiger partial charge >= 0.3 is 6.03 Å². The number of aromatic nitrogens is 1. The molecule has 37 heavy (non-hydrogen) atoms. The normalized spacial score (nSPS) is 15.8. The number of piperazine rings is 1. The molecule has 3 aromatic carbocycles. The lowest BCUT2D eigenvalue weighted by atomic mass is 10.0. The monoisotopic (exact) mass is 511 g/mol. The van der Waals surface area contributed by atoms with E-state index >= 15 is 0 Å². The number of benzene rings is 3. The second-order valence-electron chi connectivity index (χ2n) is 9.92. The summed E-state index contributed by atoms with van der Waals surface area (Å²) in [5, 5.41) is 6.00. The number of aryl methyl sites for hydroxylation is 1. The van der Waals surface area contributed by atoms with E-state index in [2.05, 4.69) is 40.4 Å². The highest BCUT2D eigenvalue weighted by molar-refractivity contribution is 6.33. The van der Waals surface area contributed by atoms with Gasteiger partial charge in [-0.1, -0.05) is 48.0 Å².